The maximum absolute atomic E-state index is 12.7. The van der Waals surface area contributed by atoms with Crippen molar-refractivity contribution in [2.45, 2.75) is 25.3 Å². The molecule has 1 aliphatic heterocycles. The molecule has 4 nitrogen and oxygen atoms in total. The van der Waals surface area contributed by atoms with Crippen molar-refractivity contribution in [1.29, 1.82) is 0 Å². The van der Waals surface area contributed by atoms with Gasteiger partial charge in [0.15, 0.2) is 0 Å². The summed E-state index contributed by atoms with van der Waals surface area (Å²) in [5.74, 6) is 0.160. The van der Waals surface area contributed by atoms with Crippen LogP contribution in [0.4, 0.5) is 0 Å². The van der Waals surface area contributed by atoms with Gasteiger partial charge in [-0.1, -0.05) is 12.1 Å². The zero-order chi connectivity index (χ0) is 14.5. The van der Waals surface area contributed by atoms with E-state index in [9.17, 15) is 4.79 Å². The van der Waals surface area contributed by atoms with Crippen LogP contribution in [0.1, 0.15) is 28.8 Å². The molecular formula is C16H25N3O. The Morgan fingerprint density at radius 3 is 2.95 bits per heavy atom. The van der Waals surface area contributed by atoms with Gasteiger partial charge in [0.1, 0.15) is 0 Å². The molecule has 1 aromatic carbocycles. The minimum atomic E-state index is 0.160. The Kier molecular flexibility index (Phi) is 5.15. The van der Waals surface area contributed by atoms with Gasteiger partial charge in [-0.3, -0.25) is 4.79 Å². The first kappa shape index (κ1) is 15.0. The molecule has 0 radical (unpaired) electrons. The number of rotatable bonds is 5. The number of carbonyl (C=O) groups is 1. The maximum Gasteiger partial charge on any atom is 0.254 e. The second kappa shape index (κ2) is 6.86. The average molecular weight is 275 g/mol. The fourth-order valence-electron chi connectivity index (χ4n) is 2.91. The van der Waals surface area contributed by atoms with E-state index >= 15 is 0 Å². The lowest BCUT2D eigenvalue weighted by Gasteiger charge is -2.27. The zero-order valence-electron chi connectivity index (χ0n) is 12.5. The SMILES string of the molecule is CN(C)CC1CCCN1C(=O)c1cccc(CCN)c1. The highest BCUT2D eigenvalue weighted by atomic mass is 16.2. The molecule has 0 bridgehead atoms. The van der Waals surface area contributed by atoms with Crippen LogP contribution in [0.2, 0.25) is 0 Å². The van der Waals surface area contributed by atoms with Crippen molar-refractivity contribution >= 4 is 5.91 Å². The molecule has 0 aromatic heterocycles. The van der Waals surface area contributed by atoms with Crippen LogP contribution in [0, 0.1) is 0 Å². The van der Waals surface area contributed by atoms with Gasteiger partial charge in [0.25, 0.3) is 5.91 Å². The third-order valence-corrected chi connectivity index (χ3v) is 3.82. The van der Waals surface area contributed by atoms with E-state index in [1.807, 2.05) is 29.2 Å². The van der Waals surface area contributed by atoms with Crippen molar-refractivity contribution in [2.75, 3.05) is 33.7 Å². The van der Waals surface area contributed by atoms with E-state index in [4.69, 9.17) is 5.73 Å². The van der Waals surface area contributed by atoms with E-state index in [2.05, 4.69) is 19.0 Å². The minimum absolute atomic E-state index is 0.160. The monoisotopic (exact) mass is 275 g/mol. The molecule has 0 saturated carbocycles. The van der Waals surface area contributed by atoms with Crippen LogP contribution in [-0.4, -0.2) is 55.5 Å². The molecule has 1 saturated heterocycles. The minimum Gasteiger partial charge on any atom is -0.334 e. The van der Waals surface area contributed by atoms with E-state index in [0.717, 1.165) is 43.5 Å². The number of amides is 1. The zero-order valence-corrected chi connectivity index (χ0v) is 12.5. The van der Waals surface area contributed by atoms with Gasteiger partial charge in [-0.15, -0.1) is 0 Å². The van der Waals surface area contributed by atoms with E-state index in [1.165, 1.54) is 0 Å². The number of likely N-dealkylation sites (tertiary alicyclic amines) is 1. The predicted octanol–water partition coefficient (Wildman–Crippen LogP) is 1.35. The summed E-state index contributed by atoms with van der Waals surface area (Å²) in [5.41, 5.74) is 7.52. The summed E-state index contributed by atoms with van der Waals surface area (Å²) in [7, 11) is 4.12. The van der Waals surface area contributed by atoms with Gasteiger partial charge in [-0.25, -0.2) is 0 Å². The van der Waals surface area contributed by atoms with Gasteiger partial charge in [0, 0.05) is 24.7 Å². The highest BCUT2D eigenvalue weighted by Gasteiger charge is 2.29. The molecule has 2 rings (SSSR count). The molecule has 1 aromatic rings. The van der Waals surface area contributed by atoms with E-state index in [-0.39, 0.29) is 5.91 Å². The fourth-order valence-corrected chi connectivity index (χ4v) is 2.91. The van der Waals surface area contributed by atoms with Gasteiger partial charge in [-0.05, 0) is 57.6 Å². The summed E-state index contributed by atoms with van der Waals surface area (Å²) >= 11 is 0. The quantitative estimate of drug-likeness (QED) is 0.882. The molecule has 20 heavy (non-hydrogen) atoms. The van der Waals surface area contributed by atoms with Crippen LogP contribution in [0.5, 0.6) is 0 Å². The van der Waals surface area contributed by atoms with Crippen LogP contribution < -0.4 is 5.73 Å². The Bertz CT molecular complexity index is 459. The molecule has 1 aliphatic rings. The summed E-state index contributed by atoms with van der Waals surface area (Å²) in [6, 6.07) is 8.23. The largest absolute Gasteiger partial charge is 0.334 e. The molecule has 1 atom stereocenters. The Hall–Kier alpha value is -1.39. The molecule has 1 fully saturated rings. The van der Waals surface area contributed by atoms with Crippen LogP contribution in [0.25, 0.3) is 0 Å². The summed E-state index contributed by atoms with van der Waals surface area (Å²) in [6.07, 6.45) is 3.03. The van der Waals surface area contributed by atoms with Gasteiger partial charge in [0.2, 0.25) is 0 Å². The lowest BCUT2D eigenvalue weighted by molar-refractivity contribution is 0.0716. The van der Waals surface area contributed by atoms with E-state index < -0.39 is 0 Å². The molecule has 0 spiro atoms. The van der Waals surface area contributed by atoms with Gasteiger partial charge >= 0.3 is 0 Å². The van der Waals surface area contributed by atoms with Crippen LogP contribution in [0.3, 0.4) is 0 Å². The van der Waals surface area contributed by atoms with Crippen LogP contribution >= 0.6 is 0 Å². The highest BCUT2D eigenvalue weighted by Crippen LogP contribution is 2.21. The smallest absolute Gasteiger partial charge is 0.254 e. The highest BCUT2D eigenvalue weighted by molar-refractivity contribution is 5.94. The Morgan fingerprint density at radius 1 is 1.45 bits per heavy atom. The summed E-state index contributed by atoms with van der Waals surface area (Å²) < 4.78 is 0. The molecular weight excluding hydrogens is 250 g/mol. The first-order valence-electron chi connectivity index (χ1n) is 7.36. The van der Waals surface area contributed by atoms with Crippen molar-refractivity contribution in [3.8, 4) is 0 Å². The standard InChI is InChI=1S/C16H25N3O/c1-18(2)12-15-7-4-10-19(15)16(20)14-6-3-5-13(11-14)8-9-17/h3,5-6,11,15H,4,7-10,12,17H2,1-2H3. The summed E-state index contributed by atoms with van der Waals surface area (Å²) in [6.45, 7) is 2.43. The van der Waals surface area contributed by atoms with E-state index in [0.29, 0.717) is 12.6 Å². The maximum atomic E-state index is 12.7. The lowest BCUT2D eigenvalue weighted by atomic mass is 10.1. The number of nitrogens with two attached hydrogens (primary N) is 1. The average Bonchev–Trinajstić information content (AvgIpc) is 2.86. The normalized spacial score (nSPS) is 18.8. The number of hydrogen-bond acceptors (Lipinski definition) is 3. The second-order valence-corrected chi connectivity index (χ2v) is 5.80. The summed E-state index contributed by atoms with van der Waals surface area (Å²) in [5, 5.41) is 0. The van der Waals surface area contributed by atoms with Crippen molar-refractivity contribution in [3.63, 3.8) is 0 Å². The Labute approximate surface area is 121 Å². The number of hydrogen-bond donors (Lipinski definition) is 1. The molecule has 4 heteroatoms. The third kappa shape index (κ3) is 3.58. The topological polar surface area (TPSA) is 49.6 Å². The van der Waals surface area contributed by atoms with E-state index in [1.54, 1.807) is 0 Å². The summed E-state index contributed by atoms with van der Waals surface area (Å²) in [4.78, 5) is 16.9. The van der Waals surface area contributed by atoms with Crippen molar-refractivity contribution in [1.82, 2.24) is 9.80 Å². The molecule has 1 heterocycles. The fraction of sp³-hybridized carbons (Fsp3) is 0.562. The van der Waals surface area contributed by atoms with Crippen molar-refractivity contribution < 1.29 is 4.79 Å². The van der Waals surface area contributed by atoms with Gasteiger partial charge in [-0.2, -0.15) is 0 Å². The van der Waals surface area contributed by atoms with Crippen LogP contribution in [0.15, 0.2) is 24.3 Å². The molecule has 1 unspecified atom stereocenters. The van der Waals surface area contributed by atoms with Crippen molar-refractivity contribution in [3.05, 3.63) is 35.4 Å². The number of carbonyl (C=O) groups excluding carboxylic acids is 1. The molecule has 110 valence electrons. The number of nitrogens with zero attached hydrogens (tertiary/aromatic N) is 2. The molecule has 1 amide bonds. The molecule has 2 N–H and O–H groups in total. The lowest BCUT2D eigenvalue weighted by Crippen LogP contribution is -2.41. The Morgan fingerprint density at radius 2 is 2.25 bits per heavy atom. The van der Waals surface area contributed by atoms with Crippen LogP contribution in [-0.2, 0) is 6.42 Å². The van der Waals surface area contributed by atoms with Gasteiger partial charge < -0.3 is 15.5 Å². The number of benzene rings is 1. The first-order valence-corrected chi connectivity index (χ1v) is 7.36. The second-order valence-electron chi connectivity index (χ2n) is 5.80. The van der Waals surface area contributed by atoms with Gasteiger partial charge in [0.05, 0.1) is 0 Å². The number of likely N-dealkylation sites (N-methyl/N-ethyl adjacent to an activating group) is 1. The first-order chi connectivity index (χ1) is 9.61. The molecule has 0 aliphatic carbocycles. The Balaban J connectivity index is 2.11. The third-order valence-electron chi connectivity index (χ3n) is 3.82. The van der Waals surface area contributed by atoms with Crippen molar-refractivity contribution in [2.24, 2.45) is 5.73 Å². The predicted molar refractivity (Wildman–Crippen MR) is 81.8 cm³/mol.